The van der Waals surface area contributed by atoms with Crippen LogP contribution < -0.4 is 10.6 Å². The molecular weight excluding hydrogens is 441 g/mol. The van der Waals surface area contributed by atoms with Crippen LogP contribution in [0.5, 0.6) is 0 Å². The summed E-state index contributed by atoms with van der Waals surface area (Å²) in [4.78, 5) is 35.2. The predicted molar refractivity (Wildman–Crippen MR) is 113 cm³/mol. The van der Waals surface area contributed by atoms with Crippen LogP contribution in [0.4, 0.5) is 18.0 Å². The Hall–Kier alpha value is -3.56. The third-order valence-corrected chi connectivity index (χ3v) is 5.46. The summed E-state index contributed by atoms with van der Waals surface area (Å²) in [5.41, 5.74) is 3.68. The van der Waals surface area contributed by atoms with E-state index in [0.29, 0.717) is 0 Å². The van der Waals surface area contributed by atoms with E-state index >= 15 is 0 Å². The summed E-state index contributed by atoms with van der Waals surface area (Å²) >= 11 is 0. The van der Waals surface area contributed by atoms with Crippen LogP contribution in [0.2, 0.25) is 0 Å². The standard InChI is InChI=1S/C23H23F3N2O5/c1-2-13(11-19(29)30)27-21(31)20(23(24,25)26)28-22(32)33-12-18-16-9-5-3-7-14(16)15-8-4-6-10-17(15)18/h3-10,13,18,20H,2,11-12H2,1H3,(H,27,31)(H,28,32)(H,29,30)/t13-,20?/m1/s1. The molecule has 2 atom stereocenters. The van der Waals surface area contributed by atoms with E-state index < -0.39 is 42.7 Å². The average molecular weight is 464 g/mol. The summed E-state index contributed by atoms with van der Waals surface area (Å²) in [5.74, 6) is -3.18. The molecule has 1 aliphatic rings. The summed E-state index contributed by atoms with van der Waals surface area (Å²) in [7, 11) is 0. The van der Waals surface area contributed by atoms with Crippen molar-refractivity contribution < 1.29 is 37.4 Å². The van der Waals surface area contributed by atoms with Gasteiger partial charge in [-0.25, -0.2) is 4.79 Å². The second kappa shape index (κ2) is 9.93. The van der Waals surface area contributed by atoms with Crippen molar-refractivity contribution in [1.29, 1.82) is 0 Å². The number of carbonyl (C=O) groups is 3. The van der Waals surface area contributed by atoms with Crippen molar-refractivity contribution in [3.05, 3.63) is 59.7 Å². The zero-order valence-electron chi connectivity index (χ0n) is 17.7. The number of carboxylic acid groups (broad SMARTS) is 1. The Labute approximate surface area is 187 Å². The van der Waals surface area contributed by atoms with Crippen molar-refractivity contribution in [3.8, 4) is 11.1 Å². The normalized spacial score (nSPS) is 14.5. The number of carbonyl (C=O) groups excluding carboxylic acids is 2. The van der Waals surface area contributed by atoms with E-state index in [1.54, 1.807) is 5.32 Å². The zero-order chi connectivity index (χ0) is 24.2. The van der Waals surface area contributed by atoms with Crippen LogP contribution >= 0.6 is 0 Å². The lowest BCUT2D eigenvalue weighted by molar-refractivity contribution is -0.168. The number of nitrogens with one attached hydrogen (secondary N) is 2. The molecule has 2 amide bonds. The molecular formula is C23H23F3N2O5. The Morgan fingerprint density at radius 1 is 1.00 bits per heavy atom. The molecule has 10 heteroatoms. The van der Waals surface area contributed by atoms with Crippen LogP contribution in [-0.2, 0) is 14.3 Å². The molecule has 0 aromatic heterocycles. The lowest BCUT2D eigenvalue weighted by Crippen LogP contribution is -2.57. The maximum Gasteiger partial charge on any atom is 0.417 e. The van der Waals surface area contributed by atoms with Crippen molar-refractivity contribution >= 4 is 18.0 Å². The number of hydrogen-bond acceptors (Lipinski definition) is 4. The number of halogens is 3. The van der Waals surface area contributed by atoms with Gasteiger partial charge in [-0.15, -0.1) is 0 Å². The molecule has 0 spiro atoms. The molecule has 0 heterocycles. The number of fused-ring (bicyclic) bond motifs is 3. The van der Waals surface area contributed by atoms with Crippen LogP contribution in [0.3, 0.4) is 0 Å². The summed E-state index contributed by atoms with van der Waals surface area (Å²) in [5, 5.41) is 12.4. The average Bonchev–Trinajstić information content (AvgIpc) is 3.08. The van der Waals surface area contributed by atoms with Crippen LogP contribution in [0.25, 0.3) is 11.1 Å². The van der Waals surface area contributed by atoms with Crippen molar-refractivity contribution in [2.75, 3.05) is 6.61 Å². The number of carboxylic acids is 1. The molecule has 7 nitrogen and oxygen atoms in total. The Balaban J connectivity index is 1.68. The summed E-state index contributed by atoms with van der Waals surface area (Å²) in [6, 6.07) is 11.0. The van der Waals surface area contributed by atoms with Gasteiger partial charge in [0.15, 0.2) is 0 Å². The number of ether oxygens (including phenoxy) is 1. The highest BCUT2D eigenvalue weighted by Crippen LogP contribution is 2.44. The molecule has 3 N–H and O–H groups in total. The monoisotopic (exact) mass is 464 g/mol. The topological polar surface area (TPSA) is 105 Å². The van der Waals surface area contributed by atoms with E-state index in [1.165, 1.54) is 6.92 Å². The first kappa shape index (κ1) is 24.1. The molecule has 1 aliphatic carbocycles. The van der Waals surface area contributed by atoms with Gasteiger partial charge in [-0.05, 0) is 28.7 Å². The largest absolute Gasteiger partial charge is 0.481 e. The van der Waals surface area contributed by atoms with Crippen molar-refractivity contribution in [2.45, 2.75) is 43.9 Å². The Morgan fingerprint density at radius 3 is 2.03 bits per heavy atom. The number of alkyl carbamates (subject to hydrolysis) is 1. The maximum absolute atomic E-state index is 13.4. The lowest BCUT2D eigenvalue weighted by Gasteiger charge is -2.24. The van der Waals surface area contributed by atoms with Gasteiger partial charge in [0.1, 0.15) is 6.61 Å². The number of aliphatic carboxylic acids is 1. The Kier molecular flexibility index (Phi) is 7.25. The third-order valence-electron chi connectivity index (χ3n) is 5.46. The second-order valence-electron chi connectivity index (χ2n) is 7.66. The van der Waals surface area contributed by atoms with Gasteiger partial charge in [0, 0.05) is 12.0 Å². The van der Waals surface area contributed by atoms with Gasteiger partial charge in [0.05, 0.1) is 6.42 Å². The highest BCUT2D eigenvalue weighted by molar-refractivity contribution is 5.87. The number of amides is 2. The van der Waals surface area contributed by atoms with Gasteiger partial charge in [0.2, 0.25) is 6.04 Å². The Bertz CT molecular complexity index is 995. The molecule has 0 saturated heterocycles. The molecule has 2 aromatic carbocycles. The highest BCUT2D eigenvalue weighted by atomic mass is 19.4. The first-order chi connectivity index (χ1) is 15.6. The SMILES string of the molecule is CC[C@H](CC(=O)O)NC(=O)C(NC(=O)OCC1c2ccccc2-c2ccccc21)C(F)(F)F. The number of rotatable bonds is 8. The second-order valence-corrected chi connectivity index (χ2v) is 7.66. The van der Waals surface area contributed by atoms with Gasteiger partial charge in [-0.1, -0.05) is 55.5 Å². The first-order valence-corrected chi connectivity index (χ1v) is 10.3. The van der Waals surface area contributed by atoms with Gasteiger partial charge in [0.25, 0.3) is 5.91 Å². The third kappa shape index (κ3) is 5.63. The summed E-state index contributed by atoms with van der Waals surface area (Å²) < 4.78 is 45.4. The minimum atomic E-state index is -5.10. The first-order valence-electron chi connectivity index (χ1n) is 10.3. The van der Waals surface area contributed by atoms with Crippen molar-refractivity contribution in [3.63, 3.8) is 0 Å². The van der Waals surface area contributed by atoms with E-state index in [0.717, 1.165) is 22.3 Å². The van der Waals surface area contributed by atoms with Gasteiger partial charge < -0.3 is 20.5 Å². The molecule has 0 bridgehead atoms. The molecule has 0 saturated carbocycles. The van der Waals surface area contributed by atoms with E-state index in [2.05, 4.69) is 0 Å². The number of alkyl halides is 3. The van der Waals surface area contributed by atoms with Crippen LogP contribution in [0.15, 0.2) is 48.5 Å². The molecule has 2 aromatic rings. The van der Waals surface area contributed by atoms with E-state index in [9.17, 15) is 27.6 Å². The van der Waals surface area contributed by atoms with E-state index in [4.69, 9.17) is 9.84 Å². The van der Waals surface area contributed by atoms with Gasteiger partial charge in [-0.3, -0.25) is 9.59 Å². The van der Waals surface area contributed by atoms with Crippen molar-refractivity contribution in [1.82, 2.24) is 10.6 Å². The number of benzene rings is 2. The smallest absolute Gasteiger partial charge is 0.417 e. The summed E-state index contributed by atoms with van der Waals surface area (Å²) in [6.07, 6.45) is -6.94. The minimum absolute atomic E-state index is 0.105. The zero-order valence-corrected chi connectivity index (χ0v) is 17.7. The van der Waals surface area contributed by atoms with Crippen LogP contribution in [0.1, 0.15) is 36.8 Å². The molecule has 33 heavy (non-hydrogen) atoms. The molecule has 0 radical (unpaired) electrons. The fourth-order valence-corrected chi connectivity index (χ4v) is 3.85. The van der Waals surface area contributed by atoms with E-state index in [1.807, 2.05) is 53.8 Å². The van der Waals surface area contributed by atoms with Gasteiger partial charge in [-0.2, -0.15) is 13.2 Å². The van der Waals surface area contributed by atoms with E-state index in [-0.39, 0.29) is 18.9 Å². The molecule has 176 valence electrons. The fourth-order valence-electron chi connectivity index (χ4n) is 3.85. The van der Waals surface area contributed by atoms with Gasteiger partial charge >= 0.3 is 18.2 Å². The molecule has 3 rings (SSSR count). The van der Waals surface area contributed by atoms with Crippen molar-refractivity contribution in [2.24, 2.45) is 0 Å². The predicted octanol–water partition coefficient (Wildman–Crippen LogP) is 3.83. The number of hydrogen-bond donors (Lipinski definition) is 3. The molecule has 0 aliphatic heterocycles. The minimum Gasteiger partial charge on any atom is -0.481 e. The van der Waals surface area contributed by atoms with Crippen LogP contribution in [-0.4, -0.2) is 47.9 Å². The summed E-state index contributed by atoms with van der Waals surface area (Å²) in [6.45, 7) is 1.30. The van der Waals surface area contributed by atoms with Crippen LogP contribution in [0, 0.1) is 0 Å². The maximum atomic E-state index is 13.4. The molecule has 1 unspecified atom stereocenters. The fraction of sp³-hybridized carbons (Fsp3) is 0.348. The molecule has 0 fully saturated rings. The Morgan fingerprint density at radius 2 is 1.55 bits per heavy atom. The quantitative estimate of drug-likeness (QED) is 0.551. The highest BCUT2D eigenvalue weighted by Gasteiger charge is 2.47. The lowest BCUT2D eigenvalue weighted by atomic mass is 9.98.